The normalized spacial score (nSPS) is 16.5. The molecule has 1 saturated carbocycles. The monoisotopic (exact) mass is 395 g/mol. The fourth-order valence-electron chi connectivity index (χ4n) is 4.86. The van der Waals surface area contributed by atoms with E-state index in [9.17, 15) is 5.21 Å². The molecule has 2 heteroatoms. The molecule has 0 aromatic carbocycles. The van der Waals surface area contributed by atoms with E-state index in [1.54, 1.807) is 0 Å². The minimum absolute atomic E-state index is 0.549. The van der Waals surface area contributed by atoms with Gasteiger partial charge >= 0.3 is 0 Å². The molecular formula is C26H53NO. The van der Waals surface area contributed by atoms with Crippen molar-refractivity contribution >= 4 is 0 Å². The number of quaternary nitrogens is 1. The Hall–Kier alpha value is -0.0800. The average molecular weight is 396 g/mol. The molecule has 28 heavy (non-hydrogen) atoms. The SMILES string of the molecule is CCCCCCCCCCCCCCCCCCC[NH+]([O-])CC1CCCCC1. The van der Waals surface area contributed by atoms with Crippen LogP contribution in [-0.4, -0.2) is 13.1 Å². The zero-order chi connectivity index (χ0) is 20.1. The molecule has 0 aromatic heterocycles. The smallest absolute Gasteiger partial charge is 0.0796 e. The molecule has 2 nitrogen and oxygen atoms in total. The van der Waals surface area contributed by atoms with Gasteiger partial charge in [0.1, 0.15) is 0 Å². The minimum atomic E-state index is 0.549. The molecule has 0 heterocycles. The third-order valence-electron chi connectivity index (χ3n) is 6.80. The molecule has 1 atom stereocenters. The summed E-state index contributed by atoms with van der Waals surface area (Å²) in [7, 11) is 0. The third kappa shape index (κ3) is 16.8. The first-order chi connectivity index (χ1) is 13.8. The lowest BCUT2D eigenvalue weighted by Gasteiger charge is -2.29. The van der Waals surface area contributed by atoms with E-state index in [1.807, 2.05) is 0 Å². The summed E-state index contributed by atoms with van der Waals surface area (Å²) in [6.45, 7) is 4.04. The van der Waals surface area contributed by atoms with Gasteiger partial charge in [-0.25, -0.2) is 0 Å². The van der Waals surface area contributed by atoms with Crippen LogP contribution in [-0.2, 0) is 0 Å². The Morgan fingerprint density at radius 3 is 1.39 bits per heavy atom. The Morgan fingerprint density at radius 2 is 0.964 bits per heavy atom. The van der Waals surface area contributed by atoms with Gasteiger partial charge in [-0.2, -0.15) is 0 Å². The highest BCUT2D eigenvalue weighted by Crippen LogP contribution is 2.22. The fourth-order valence-corrected chi connectivity index (χ4v) is 4.86. The molecular weight excluding hydrogens is 342 g/mol. The summed E-state index contributed by atoms with van der Waals surface area (Å²) < 4.78 is 0. The number of hydrogen-bond acceptors (Lipinski definition) is 1. The lowest BCUT2D eigenvalue weighted by Crippen LogP contribution is -3.08. The number of nitrogens with one attached hydrogen (secondary N) is 1. The zero-order valence-corrected chi connectivity index (χ0v) is 19.5. The van der Waals surface area contributed by atoms with Gasteiger partial charge in [0.05, 0.1) is 13.1 Å². The molecule has 1 aliphatic rings. The topological polar surface area (TPSA) is 27.5 Å². The summed E-state index contributed by atoms with van der Waals surface area (Å²) in [6.07, 6.45) is 30.6. The third-order valence-corrected chi connectivity index (χ3v) is 6.80. The van der Waals surface area contributed by atoms with E-state index in [-0.39, 0.29) is 0 Å². The van der Waals surface area contributed by atoms with Crippen LogP contribution in [0, 0.1) is 11.1 Å². The molecule has 0 radical (unpaired) electrons. The first-order valence-electron chi connectivity index (χ1n) is 13.3. The Labute approximate surface area is 177 Å². The molecule has 1 fully saturated rings. The van der Waals surface area contributed by atoms with Crippen LogP contribution in [0.4, 0.5) is 0 Å². The summed E-state index contributed by atoms with van der Waals surface area (Å²) in [4.78, 5) is 0. The maximum Gasteiger partial charge on any atom is 0.0796 e. The van der Waals surface area contributed by atoms with Crippen molar-refractivity contribution in [2.75, 3.05) is 13.1 Å². The van der Waals surface area contributed by atoms with Gasteiger partial charge in [0.25, 0.3) is 0 Å². The molecule has 0 aliphatic heterocycles. The molecule has 0 saturated heterocycles. The van der Waals surface area contributed by atoms with Gasteiger partial charge in [0.2, 0.25) is 0 Å². The Morgan fingerprint density at radius 1 is 0.571 bits per heavy atom. The van der Waals surface area contributed by atoms with E-state index in [0.29, 0.717) is 5.06 Å². The van der Waals surface area contributed by atoms with E-state index in [2.05, 4.69) is 6.92 Å². The number of rotatable bonds is 20. The van der Waals surface area contributed by atoms with Crippen LogP contribution in [0.1, 0.15) is 148 Å². The van der Waals surface area contributed by atoms with Crippen molar-refractivity contribution in [2.45, 2.75) is 148 Å². The number of hydroxylamine groups is 2. The Kier molecular flexibility index (Phi) is 18.7. The molecule has 0 amide bonds. The lowest BCUT2D eigenvalue weighted by atomic mass is 9.89. The van der Waals surface area contributed by atoms with E-state index in [4.69, 9.17) is 0 Å². The molecule has 1 N–H and O–H groups in total. The van der Waals surface area contributed by atoms with Gasteiger partial charge < -0.3 is 10.3 Å². The molecule has 1 unspecified atom stereocenters. The molecule has 1 aliphatic carbocycles. The largest absolute Gasteiger partial charge is 0.634 e. The number of unbranched alkanes of at least 4 members (excludes halogenated alkanes) is 16. The second kappa shape index (κ2) is 20.2. The second-order valence-electron chi connectivity index (χ2n) is 9.65. The van der Waals surface area contributed by atoms with Gasteiger partial charge in [-0.1, -0.05) is 122 Å². The van der Waals surface area contributed by atoms with Crippen molar-refractivity contribution in [2.24, 2.45) is 5.92 Å². The number of hydrogen-bond donors (Lipinski definition) is 1. The van der Waals surface area contributed by atoms with E-state index < -0.39 is 0 Å². The van der Waals surface area contributed by atoms with Gasteiger partial charge in [0, 0.05) is 5.92 Å². The molecule has 0 spiro atoms. The highest BCUT2D eigenvalue weighted by atomic mass is 16.5. The average Bonchev–Trinajstić information content (AvgIpc) is 2.71. The van der Waals surface area contributed by atoms with Crippen molar-refractivity contribution in [3.05, 3.63) is 5.21 Å². The van der Waals surface area contributed by atoms with Gasteiger partial charge in [-0.3, -0.25) is 0 Å². The fraction of sp³-hybridized carbons (Fsp3) is 1.00. The first-order valence-corrected chi connectivity index (χ1v) is 13.3. The van der Waals surface area contributed by atoms with Gasteiger partial charge in [-0.05, 0) is 25.7 Å². The van der Waals surface area contributed by atoms with Crippen LogP contribution in [0.2, 0.25) is 0 Å². The van der Waals surface area contributed by atoms with Crippen molar-refractivity contribution in [1.29, 1.82) is 0 Å². The molecule has 1 rings (SSSR count). The van der Waals surface area contributed by atoms with Crippen LogP contribution in [0.5, 0.6) is 0 Å². The summed E-state index contributed by atoms with van der Waals surface area (Å²) in [5.41, 5.74) is 0. The minimum Gasteiger partial charge on any atom is -0.634 e. The molecule has 0 bridgehead atoms. The van der Waals surface area contributed by atoms with Crippen molar-refractivity contribution < 1.29 is 5.06 Å². The second-order valence-corrected chi connectivity index (χ2v) is 9.65. The van der Waals surface area contributed by atoms with Gasteiger partial charge in [-0.15, -0.1) is 0 Å². The Balaban J connectivity index is 1.70. The van der Waals surface area contributed by atoms with Crippen LogP contribution >= 0.6 is 0 Å². The molecule has 168 valence electrons. The highest BCUT2D eigenvalue weighted by molar-refractivity contribution is 4.64. The standard InChI is InChI=1S/C26H53NO/c1-2-3-4-5-6-7-8-9-10-11-12-13-14-15-16-17-21-24-27(28)25-26-22-19-18-20-23-26/h26-27H,2-25H2,1H3. The predicted octanol–water partition coefficient (Wildman–Crippen LogP) is 7.60. The van der Waals surface area contributed by atoms with Crippen LogP contribution in [0.15, 0.2) is 0 Å². The Bertz CT molecular complexity index is 301. The molecule has 0 aromatic rings. The predicted molar refractivity (Wildman–Crippen MR) is 125 cm³/mol. The highest BCUT2D eigenvalue weighted by Gasteiger charge is 2.15. The summed E-state index contributed by atoms with van der Waals surface area (Å²) >= 11 is 0. The maximum absolute atomic E-state index is 12.1. The zero-order valence-electron chi connectivity index (χ0n) is 19.5. The van der Waals surface area contributed by atoms with E-state index >= 15 is 0 Å². The van der Waals surface area contributed by atoms with Crippen molar-refractivity contribution in [3.63, 3.8) is 0 Å². The van der Waals surface area contributed by atoms with E-state index in [1.165, 1.54) is 135 Å². The van der Waals surface area contributed by atoms with Gasteiger partial charge in [0.15, 0.2) is 0 Å². The van der Waals surface area contributed by atoms with Crippen molar-refractivity contribution in [3.8, 4) is 0 Å². The quantitative estimate of drug-likeness (QED) is 0.167. The van der Waals surface area contributed by atoms with Crippen molar-refractivity contribution in [1.82, 2.24) is 0 Å². The summed E-state index contributed by atoms with van der Waals surface area (Å²) in [5.74, 6) is 0.729. The summed E-state index contributed by atoms with van der Waals surface area (Å²) in [6, 6.07) is 0. The van der Waals surface area contributed by atoms with E-state index in [0.717, 1.165) is 25.4 Å². The van der Waals surface area contributed by atoms with Crippen LogP contribution in [0.3, 0.4) is 0 Å². The van der Waals surface area contributed by atoms with Crippen LogP contribution in [0.25, 0.3) is 0 Å². The van der Waals surface area contributed by atoms with Crippen LogP contribution < -0.4 is 5.06 Å². The summed E-state index contributed by atoms with van der Waals surface area (Å²) in [5, 5.41) is 12.6. The maximum atomic E-state index is 12.1. The first kappa shape index (κ1) is 26.0. The lowest BCUT2D eigenvalue weighted by molar-refractivity contribution is -0.852.